The van der Waals surface area contributed by atoms with E-state index in [0.717, 1.165) is 5.56 Å². The van der Waals surface area contributed by atoms with Crippen LogP contribution in [0, 0.1) is 5.92 Å². The van der Waals surface area contributed by atoms with E-state index in [1.54, 1.807) is 36.4 Å². The summed E-state index contributed by atoms with van der Waals surface area (Å²) in [6.45, 7) is 4.34. The molecule has 0 radical (unpaired) electrons. The van der Waals surface area contributed by atoms with Crippen LogP contribution in [0.15, 0.2) is 71.2 Å². The van der Waals surface area contributed by atoms with Gasteiger partial charge < -0.3 is 15.0 Å². The fourth-order valence-corrected chi connectivity index (χ4v) is 4.89. The van der Waals surface area contributed by atoms with Crippen molar-refractivity contribution in [2.24, 2.45) is 5.92 Å². The smallest absolute Gasteiger partial charge is 0.261 e. The van der Waals surface area contributed by atoms with Gasteiger partial charge in [0.05, 0.1) is 4.47 Å². The van der Waals surface area contributed by atoms with Crippen molar-refractivity contribution in [1.29, 1.82) is 0 Å². The molecule has 3 aromatic carbocycles. The van der Waals surface area contributed by atoms with Gasteiger partial charge in [0, 0.05) is 34.6 Å². The summed E-state index contributed by atoms with van der Waals surface area (Å²) in [6, 6.07) is 18.9. The Labute approximate surface area is 241 Å². The molecule has 0 aromatic heterocycles. The molecule has 0 aliphatic carbocycles. The number of nitrogens with zero attached hydrogens (tertiary/aromatic N) is 1. The van der Waals surface area contributed by atoms with Crippen molar-refractivity contribution < 1.29 is 14.3 Å². The van der Waals surface area contributed by atoms with Gasteiger partial charge in [-0.25, -0.2) is 0 Å². The van der Waals surface area contributed by atoms with Crippen molar-refractivity contribution in [2.75, 3.05) is 13.2 Å². The second kappa shape index (κ2) is 14.1. The van der Waals surface area contributed by atoms with E-state index < -0.39 is 6.04 Å². The van der Waals surface area contributed by atoms with Gasteiger partial charge in [0.15, 0.2) is 6.61 Å². The summed E-state index contributed by atoms with van der Waals surface area (Å²) < 4.78 is 6.44. The number of benzene rings is 3. The lowest BCUT2D eigenvalue weighted by molar-refractivity contribution is -0.142. The molecule has 196 valence electrons. The SMILES string of the molecule is CC(C)CNC(=O)C(Cc1ccccc1)N(Cc1ccc(Cl)cc1Cl)C(=O)COc1ccc(Cl)cc1Br. The van der Waals surface area contributed by atoms with Crippen LogP contribution >= 0.6 is 50.7 Å². The Hall–Kier alpha value is -2.25. The Morgan fingerprint density at radius 2 is 1.65 bits per heavy atom. The maximum absolute atomic E-state index is 13.7. The molecule has 2 amide bonds. The van der Waals surface area contributed by atoms with Crippen LogP contribution in [0.3, 0.4) is 0 Å². The van der Waals surface area contributed by atoms with Gasteiger partial charge in [0.2, 0.25) is 5.91 Å². The molecule has 5 nitrogen and oxygen atoms in total. The highest BCUT2D eigenvalue weighted by molar-refractivity contribution is 9.10. The predicted octanol–water partition coefficient (Wildman–Crippen LogP) is 7.20. The average Bonchev–Trinajstić information content (AvgIpc) is 2.85. The molecular formula is C28H28BrCl3N2O3. The van der Waals surface area contributed by atoms with E-state index in [-0.39, 0.29) is 30.9 Å². The van der Waals surface area contributed by atoms with Crippen LogP contribution in [0.1, 0.15) is 25.0 Å². The van der Waals surface area contributed by atoms with Crippen molar-refractivity contribution in [3.8, 4) is 5.75 Å². The molecule has 3 rings (SSSR count). The van der Waals surface area contributed by atoms with E-state index in [1.165, 1.54) is 4.90 Å². The number of amides is 2. The number of hydrogen-bond donors (Lipinski definition) is 1. The minimum atomic E-state index is -0.794. The van der Waals surface area contributed by atoms with Crippen LogP contribution < -0.4 is 10.1 Å². The largest absolute Gasteiger partial charge is 0.483 e. The van der Waals surface area contributed by atoms with Crippen LogP contribution in [0.2, 0.25) is 15.1 Å². The highest BCUT2D eigenvalue weighted by atomic mass is 79.9. The van der Waals surface area contributed by atoms with Gasteiger partial charge in [0.25, 0.3) is 5.91 Å². The summed E-state index contributed by atoms with van der Waals surface area (Å²) in [6.07, 6.45) is 0.326. The lowest BCUT2D eigenvalue weighted by Gasteiger charge is -2.32. The lowest BCUT2D eigenvalue weighted by Crippen LogP contribution is -2.52. The first-order valence-corrected chi connectivity index (χ1v) is 13.7. The fourth-order valence-electron chi connectivity index (χ4n) is 3.62. The number of halogens is 4. The molecule has 0 aliphatic heterocycles. The maximum atomic E-state index is 13.7. The van der Waals surface area contributed by atoms with Gasteiger partial charge in [0.1, 0.15) is 11.8 Å². The molecule has 0 saturated heterocycles. The molecule has 9 heteroatoms. The molecule has 0 heterocycles. The first-order valence-electron chi connectivity index (χ1n) is 11.8. The lowest BCUT2D eigenvalue weighted by atomic mass is 10.0. The Balaban J connectivity index is 1.94. The third-order valence-corrected chi connectivity index (χ3v) is 7.00. The molecule has 0 spiro atoms. The Morgan fingerprint density at radius 3 is 2.30 bits per heavy atom. The zero-order chi connectivity index (χ0) is 26.9. The van der Waals surface area contributed by atoms with Gasteiger partial charge in [-0.15, -0.1) is 0 Å². The average molecular weight is 627 g/mol. The molecule has 1 N–H and O–H groups in total. The summed E-state index contributed by atoms with van der Waals surface area (Å²) in [5.74, 6) is 0.102. The Kier molecular flexibility index (Phi) is 11.1. The number of carbonyl (C=O) groups is 2. The van der Waals surface area contributed by atoms with E-state index in [1.807, 2.05) is 44.2 Å². The van der Waals surface area contributed by atoms with Crippen LogP contribution in [0.5, 0.6) is 5.75 Å². The van der Waals surface area contributed by atoms with Gasteiger partial charge >= 0.3 is 0 Å². The number of nitrogens with one attached hydrogen (secondary N) is 1. The van der Waals surface area contributed by atoms with E-state index >= 15 is 0 Å². The standard InChI is InChI=1S/C28H28BrCl3N2O3/c1-18(2)15-33-28(36)25(12-19-6-4-3-5-7-19)34(16-20-8-9-22(31)14-24(20)32)27(35)17-37-26-11-10-21(30)13-23(26)29/h3-11,13-14,18,25H,12,15-17H2,1-2H3,(H,33,36). The minimum absolute atomic E-state index is 0.104. The van der Waals surface area contributed by atoms with Gasteiger partial charge in [-0.3, -0.25) is 9.59 Å². The topological polar surface area (TPSA) is 58.6 Å². The molecule has 1 unspecified atom stereocenters. The van der Waals surface area contributed by atoms with Crippen molar-refractivity contribution >= 4 is 62.5 Å². The first-order chi connectivity index (χ1) is 17.6. The van der Waals surface area contributed by atoms with Gasteiger partial charge in [-0.1, -0.05) is 85.0 Å². The number of hydrogen-bond acceptors (Lipinski definition) is 3. The van der Waals surface area contributed by atoms with Crippen molar-refractivity contribution in [2.45, 2.75) is 32.9 Å². The Bertz CT molecular complexity index is 1220. The fraction of sp³-hybridized carbons (Fsp3) is 0.286. The first kappa shape index (κ1) is 29.3. The second-order valence-corrected chi connectivity index (χ2v) is 11.1. The number of carbonyl (C=O) groups excluding carboxylic acids is 2. The molecule has 0 fully saturated rings. The van der Waals surface area contributed by atoms with Crippen LogP contribution in [0.4, 0.5) is 0 Å². The van der Waals surface area contributed by atoms with E-state index in [0.29, 0.717) is 43.8 Å². The van der Waals surface area contributed by atoms with E-state index in [9.17, 15) is 9.59 Å². The van der Waals surface area contributed by atoms with E-state index in [2.05, 4.69) is 21.2 Å². The third kappa shape index (κ3) is 8.92. The summed E-state index contributed by atoms with van der Waals surface area (Å²) in [4.78, 5) is 28.6. The van der Waals surface area contributed by atoms with Gasteiger partial charge in [-0.05, 0) is 63.3 Å². The van der Waals surface area contributed by atoms with Crippen LogP contribution in [-0.4, -0.2) is 35.9 Å². The maximum Gasteiger partial charge on any atom is 0.261 e. The minimum Gasteiger partial charge on any atom is -0.483 e. The normalized spacial score (nSPS) is 11.8. The summed E-state index contributed by atoms with van der Waals surface area (Å²) >= 11 is 22.0. The monoisotopic (exact) mass is 624 g/mol. The molecule has 0 aliphatic rings. The number of ether oxygens (including phenoxy) is 1. The Morgan fingerprint density at radius 1 is 0.973 bits per heavy atom. The summed E-state index contributed by atoms with van der Waals surface area (Å²) in [5.41, 5.74) is 1.59. The molecule has 0 bridgehead atoms. The highest BCUT2D eigenvalue weighted by Crippen LogP contribution is 2.28. The number of rotatable bonds is 11. The third-order valence-electron chi connectivity index (χ3n) is 5.56. The summed E-state index contributed by atoms with van der Waals surface area (Å²) in [5, 5.41) is 4.42. The highest BCUT2D eigenvalue weighted by Gasteiger charge is 2.31. The molecule has 3 aromatic rings. The van der Waals surface area contributed by atoms with Crippen LogP contribution in [0.25, 0.3) is 0 Å². The quantitative estimate of drug-likeness (QED) is 0.245. The van der Waals surface area contributed by atoms with Crippen molar-refractivity contribution in [3.63, 3.8) is 0 Å². The molecule has 1 atom stereocenters. The van der Waals surface area contributed by atoms with Crippen molar-refractivity contribution in [1.82, 2.24) is 10.2 Å². The van der Waals surface area contributed by atoms with Gasteiger partial charge in [-0.2, -0.15) is 0 Å². The van der Waals surface area contributed by atoms with E-state index in [4.69, 9.17) is 39.5 Å². The predicted molar refractivity (Wildman–Crippen MR) is 153 cm³/mol. The second-order valence-electron chi connectivity index (χ2n) is 8.97. The molecule has 0 saturated carbocycles. The zero-order valence-electron chi connectivity index (χ0n) is 20.5. The molecular weight excluding hydrogens is 599 g/mol. The van der Waals surface area contributed by atoms with Crippen molar-refractivity contribution in [3.05, 3.63) is 97.4 Å². The molecule has 37 heavy (non-hydrogen) atoms. The zero-order valence-corrected chi connectivity index (χ0v) is 24.4. The van der Waals surface area contributed by atoms with Crippen LogP contribution in [-0.2, 0) is 22.6 Å². The summed E-state index contributed by atoms with van der Waals surface area (Å²) in [7, 11) is 0.